The van der Waals surface area contributed by atoms with Crippen molar-refractivity contribution in [2.24, 2.45) is 0 Å². The molecule has 0 spiro atoms. The lowest BCUT2D eigenvalue weighted by Crippen LogP contribution is -2.32. The minimum atomic E-state index is 0.513. The van der Waals surface area contributed by atoms with E-state index in [-0.39, 0.29) is 0 Å². The SMILES string of the molecule is CCCCC(NC(C)CSCC)c1ccccc1. The third-order valence-corrected chi connectivity index (χ3v) is 4.25. The first-order valence-electron chi connectivity index (χ1n) is 7.16. The fourth-order valence-electron chi connectivity index (χ4n) is 2.13. The Morgan fingerprint density at radius 2 is 1.89 bits per heavy atom. The Kier molecular flexibility index (Phi) is 8.19. The maximum Gasteiger partial charge on any atom is 0.0322 e. The molecule has 1 aromatic carbocycles. The van der Waals surface area contributed by atoms with Crippen LogP contribution in [0.4, 0.5) is 0 Å². The maximum absolute atomic E-state index is 3.78. The van der Waals surface area contributed by atoms with Crippen LogP contribution in [-0.2, 0) is 0 Å². The third-order valence-electron chi connectivity index (χ3n) is 3.11. The summed E-state index contributed by atoms with van der Waals surface area (Å²) in [5, 5.41) is 3.78. The molecule has 0 fully saturated rings. The fourth-order valence-corrected chi connectivity index (χ4v) is 2.81. The highest BCUT2D eigenvalue weighted by Crippen LogP contribution is 2.20. The highest BCUT2D eigenvalue weighted by Gasteiger charge is 2.13. The van der Waals surface area contributed by atoms with Crippen LogP contribution in [0.3, 0.4) is 0 Å². The third kappa shape index (κ3) is 5.92. The van der Waals surface area contributed by atoms with Crippen LogP contribution in [0.25, 0.3) is 0 Å². The van der Waals surface area contributed by atoms with Gasteiger partial charge in [0.05, 0.1) is 0 Å². The Labute approximate surface area is 117 Å². The van der Waals surface area contributed by atoms with Crippen LogP contribution in [-0.4, -0.2) is 17.5 Å². The van der Waals surface area contributed by atoms with Crippen LogP contribution < -0.4 is 5.32 Å². The number of nitrogens with one attached hydrogen (secondary N) is 1. The minimum absolute atomic E-state index is 0.513. The summed E-state index contributed by atoms with van der Waals surface area (Å²) in [4.78, 5) is 0. The molecule has 0 aliphatic carbocycles. The highest BCUT2D eigenvalue weighted by molar-refractivity contribution is 7.99. The summed E-state index contributed by atoms with van der Waals surface area (Å²) in [5.41, 5.74) is 1.43. The molecule has 0 aromatic heterocycles. The van der Waals surface area contributed by atoms with E-state index in [2.05, 4.69) is 56.4 Å². The molecule has 0 saturated heterocycles. The van der Waals surface area contributed by atoms with Gasteiger partial charge >= 0.3 is 0 Å². The smallest absolute Gasteiger partial charge is 0.0322 e. The monoisotopic (exact) mass is 265 g/mol. The Morgan fingerprint density at radius 3 is 2.50 bits per heavy atom. The van der Waals surface area contributed by atoms with E-state index < -0.39 is 0 Å². The van der Waals surface area contributed by atoms with E-state index in [1.165, 1.54) is 36.3 Å². The van der Waals surface area contributed by atoms with E-state index in [1.54, 1.807) is 0 Å². The van der Waals surface area contributed by atoms with E-state index in [0.29, 0.717) is 12.1 Å². The lowest BCUT2D eigenvalue weighted by molar-refractivity contribution is 0.443. The number of unbranched alkanes of at least 4 members (excludes halogenated alkanes) is 1. The van der Waals surface area contributed by atoms with Crippen molar-refractivity contribution in [2.45, 2.75) is 52.1 Å². The van der Waals surface area contributed by atoms with Crippen LogP contribution >= 0.6 is 11.8 Å². The van der Waals surface area contributed by atoms with Crippen LogP contribution in [0.1, 0.15) is 51.6 Å². The molecular weight excluding hydrogens is 238 g/mol. The zero-order valence-corrected chi connectivity index (χ0v) is 12.8. The summed E-state index contributed by atoms with van der Waals surface area (Å²) >= 11 is 2.01. The number of hydrogen-bond acceptors (Lipinski definition) is 2. The number of thioether (sulfide) groups is 1. The molecule has 2 atom stereocenters. The quantitative estimate of drug-likeness (QED) is 0.697. The van der Waals surface area contributed by atoms with Crippen molar-refractivity contribution in [2.75, 3.05) is 11.5 Å². The normalized spacial score (nSPS) is 14.4. The van der Waals surface area contributed by atoms with Crippen molar-refractivity contribution in [3.05, 3.63) is 35.9 Å². The van der Waals surface area contributed by atoms with Gasteiger partial charge in [0.25, 0.3) is 0 Å². The van der Waals surface area contributed by atoms with E-state index in [4.69, 9.17) is 0 Å². The van der Waals surface area contributed by atoms with Crippen molar-refractivity contribution >= 4 is 11.8 Å². The van der Waals surface area contributed by atoms with Gasteiger partial charge in [-0.1, -0.05) is 57.0 Å². The number of benzene rings is 1. The van der Waals surface area contributed by atoms with Gasteiger partial charge in [0.1, 0.15) is 0 Å². The molecule has 1 nitrogen and oxygen atoms in total. The standard InChI is InChI=1S/C16H27NS/c1-4-6-12-16(15-10-8-7-9-11-15)17-14(3)13-18-5-2/h7-11,14,16-17H,4-6,12-13H2,1-3H3. The zero-order chi connectivity index (χ0) is 13.2. The molecule has 0 amide bonds. The van der Waals surface area contributed by atoms with Gasteiger partial charge in [-0.25, -0.2) is 0 Å². The van der Waals surface area contributed by atoms with Gasteiger partial charge in [0.15, 0.2) is 0 Å². The van der Waals surface area contributed by atoms with Crippen molar-refractivity contribution < 1.29 is 0 Å². The summed E-state index contributed by atoms with van der Waals surface area (Å²) in [6, 6.07) is 12.0. The molecule has 0 aliphatic rings. The molecule has 2 unspecified atom stereocenters. The van der Waals surface area contributed by atoms with Crippen LogP contribution in [0.2, 0.25) is 0 Å². The molecule has 0 heterocycles. The Balaban J connectivity index is 2.55. The van der Waals surface area contributed by atoms with Crippen LogP contribution in [0.5, 0.6) is 0 Å². The van der Waals surface area contributed by atoms with Gasteiger partial charge in [-0.05, 0) is 24.7 Å². The first-order valence-corrected chi connectivity index (χ1v) is 8.32. The van der Waals surface area contributed by atoms with Gasteiger partial charge in [0, 0.05) is 17.8 Å². The van der Waals surface area contributed by atoms with Gasteiger partial charge in [-0.3, -0.25) is 0 Å². The summed E-state index contributed by atoms with van der Waals surface area (Å²) in [6.45, 7) is 6.78. The molecule has 0 saturated carbocycles. The van der Waals surface area contributed by atoms with Gasteiger partial charge in [-0.2, -0.15) is 11.8 Å². The first-order chi connectivity index (χ1) is 8.77. The minimum Gasteiger partial charge on any atom is -0.307 e. The summed E-state index contributed by atoms with van der Waals surface area (Å²) < 4.78 is 0. The summed E-state index contributed by atoms with van der Waals surface area (Å²) in [6.07, 6.45) is 3.80. The first kappa shape index (κ1) is 15.6. The van der Waals surface area contributed by atoms with Crippen molar-refractivity contribution in [3.8, 4) is 0 Å². The van der Waals surface area contributed by atoms with Gasteiger partial charge in [0.2, 0.25) is 0 Å². The van der Waals surface area contributed by atoms with Crippen LogP contribution in [0, 0.1) is 0 Å². The molecule has 1 N–H and O–H groups in total. The Morgan fingerprint density at radius 1 is 1.17 bits per heavy atom. The van der Waals surface area contributed by atoms with Gasteiger partial charge in [-0.15, -0.1) is 0 Å². The Bertz CT molecular complexity index is 299. The lowest BCUT2D eigenvalue weighted by Gasteiger charge is -2.23. The van der Waals surface area contributed by atoms with Crippen molar-refractivity contribution in [1.29, 1.82) is 0 Å². The zero-order valence-electron chi connectivity index (χ0n) is 12.0. The summed E-state index contributed by atoms with van der Waals surface area (Å²) in [7, 11) is 0. The maximum atomic E-state index is 3.78. The number of rotatable bonds is 9. The van der Waals surface area contributed by atoms with Gasteiger partial charge < -0.3 is 5.32 Å². The number of hydrogen-bond donors (Lipinski definition) is 1. The van der Waals surface area contributed by atoms with E-state index in [9.17, 15) is 0 Å². The molecule has 0 aliphatic heterocycles. The average Bonchev–Trinajstić information content (AvgIpc) is 2.42. The molecule has 0 radical (unpaired) electrons. The Hall–Kier alpha value is -0.470. The molecule has 1 rings (SSSR count). The molecule has 2 heteroatoms. The van der Waals surface area contributed by atoms with Crippen molar-refractivity contribution in [1.82, 2.24) is 5.32 Å². The van der Waals surface area contributed by atoms with E-state index in [1.807, 2.05) is 11.8 Å². The molecule has 1 aromatic rings. The topological polar surface area (TPSA) is 12.0 Å². The fraction of sp³-hybridized carbons (Fsp3) is 0.625. The largest absolute Gasteiger partial charge is 0.307 e. The van der Waals surface area contributed by atoms with E-state index in [0.717, 1.165) is 0 Å². The predicted molar refractivity (Wildman–Crippen MR) is 84.3 cm³/mol. The lowest BCUT2D eigenvalue weighted by atomic mass is 10.0. The average molecular weight is 265 g/mol. The second kappa shape index (κ2) is 9.46. The van der Waals surface area contributed by atoms with Crippen molar-refractivity contribution in [3.63, 3.8) is 0 Å². The molecule has 18 heavy (non-hydrogen) atoms. The highest BCUT2D eigenvalue weighted by atomic mass is 32.2. The molecule has 0 bridgehead atoms. The molecule has 102 valence electrons. The second-order valence-corrected chi connectivity index (χ2v) is 6.15. The molecular formula is C16H27NS. The second-order valence-electron chi connectivity index (χ2n) is 4.83. The van der Waals surface area contributed by atoms with Crippen LogP contribution in [0.15, 0.2) is 30.3 Å². The predicted octanol–water partition coefficient (Wildman–Crippen LogP) is 4.65. The summed E-state index contributed by atoms with van der Waals surface area (Å²) in [5.74, 6) is 2.41. The van der Waals surface area contributed by atoms with E-state index >= 15 is 0 Å².